The lowest BCUT2D eigenvalue weighted by atomic mass is 10.2. The van der Waals surface area contributed by atoms with Crippen molar-refractivity contribution >= 4 is 21.8 Å². The summed E-state index contributed by atoms with van der Waals surface area (Å²) in [5, 5.41) is 0. The Labute approximate surface area is 108 Å². The quantitative estimate of drug-likeness (QED) is 0.780. The van der Waals surface area contributed by atoms with Crippen molar-refractivity contribution < 1.29 is 9.18 Å². The highest BCUT2D eigenvalue weighted by molar-refractivity contribution is 9.10. The molecule has 0 bridgehead atoms. The third-order valence-corrected chi connectivity index (χ3v) is 3.37. The molecular formula is C13H13BrFNO. The Bertz CT molecular complexity index is 457. The van der Waals surface area contributed by atoms with Gasteiger partial charge >= 0.3 is 0 Å². The Hall–Kier alpha value is -1.16. The van der Waals surface area contributed by atoms with Gasteiger partial charge in [-0.1, -0.05) is 12.1 Å². The molecule has 0 spiro atoms. The van der Waals surface area contributed by atoms with Crippen LogP contribution in [-0.4, -0.2) is 23.4 Å². The Morgan fingerprint density at radius 2 is 2.29 bits per heavy atom. The molecule has 1 aliphatic carbocycles. The molecule has 2 nitrogen and oxygen atoms in total. The van der Waals surface area contributed by atoms with Crippen molar-refractivity contribution in [2.45, 2.75) is 18.9 Å². The van der Waals surface area contributed by atoms with Gasteiger partial charge < -0.3 is 4.90 Å². The first-order valence-corrected chi connectivity index (χ1v) is 6.30. The zero-order valence-electron chi connectivity index (χ0n) is 9.33. The van der Waals surface area contributed by atoms with Crippen molar-refractivity contribution in [3.63, 3.8) is 0 Å². The normalized spacial score (nSPS) is 14.5. The Morgan fingerprint density at radius 1 is 1.59 bits per heavy atom. The van der Waals surface area contributed by atoms with Crippen LogP contribution in [0.1, 0.15) is 23.2 Å². The number of nitrogens with zero attached hydrogens (tertiary/aromatic N) is 1. The second kappa shape index (κ2) is 5.00. The molecule has 0 N–H and O–H groups in total. The van der Waals surface area contributed by atoms with E-state index in [2.05, 4.69) is 22.5 Å². The van der Waals surface area contributed by atoms with Crippen molar-refractivity contribution in [1.82, 2.24) is 4.90 Å². The number of amides is 1. The summed E-state index contributed by atoms with van der Waals surface area (Å²) in [4.78, 5) is 13.9. The lowest BCUT2D eigenvalue weighted by molar-refractivity contribution is 0.0758. The molecular weight excluding hydrogens is 285 g/mol. The fraction of sp³-hybridized carbons (Fsp3) is 0.308. The summed E-state index contributed by atoms with van der Waals surface area (Å²) in [7, 11) is 0. The maximum absolute atomic E-state index is 13.8. The average molecular weight is 298 g/mol. The topological polar surface area (TPSA) is 20.3 Å². The first kappa shape index (κ1) is 12.3. The molecule has 90 valence electrons. The van der Waals surface area contributed by atoms with Crippen LogP contribution in [-0.2, 0) is 0 Å². The molecule has 1 aromatic carbocycles. The van der Waals surface area contributed by atoms with Crippen LogP contribution < -0.4 is 0 Å². The smallest absolute Gasteiger partial charge is 0.257 e. The van der Waals surface area contributed by atoms with Crippen molar-refractivity contribution in [2.75, 3.05) is 6.54 Å². The van der Waals surface area contributed by atoms with Gasteiger partial charge in [-0.05, 0) is 40.9 Å². The number of carbonyl (C=O) groups excluding carboxylic acids is 1. The van der Waals surface area contributed by atoms with Gasteiger partial charge in [0, 0.05) is 12.6 Å². The van der Waals surface area contributed by atoms with Crippen molar-refractivity contribution in [1.29, 1.82) is 0 Å². The molecule has 0 atom stereocenters. The molecule has 0 saturated heterocycles. The Kier molecular flexibility index (Phi) is 3.62. The summed E-state index contributed by atoms with van der Waals surface area (Å²) >= 11 is 3.09. The van der Waals surface area contributed by atoms with E-state index >= 15 is 0 Å². The Balaban J connectivity index is 2.28. The molecule has 0 unspecified atom stereocenters. The monoisotopic (exact) mass is 297 g/mol. The van der Waals surface area contributed by atoms with E-state index < -0.39 is 5.82 Å². The minimum atomic E-state index is -0.493. The maximum atomic E-state index is 13.8. The number of benzene rings is 1. The van der Waals surface area contributed by atoms with Gasteiger partial charge in [-0.25, -0.2) is 4.39 Å². The second-order valence-electron chi connectivity index (χ2n) is 4.08. The lowest BCUT2D eigenvalue weighted by Crippen LogP contribution is -2.33. The van der Waals surface area contributed by atoms with E-state index in [-0.39, 0.29) is 17.5 Å². The van der Waals surface area contributed by atoms with Gasteiger partial charge in [-0.2, -0.15) is 0 Å². The molecule has 0 aromatic heterocycles. The van der Waals surface area contributed by atoms with E-state index in [0.29, 0.717) is 11.0 Å². The van der Waals surface area contributed by atoms with Crippen LogP contribution in [0.25, 0.3) is 0 Å². The van der Waals surface area contributed by atoms with E-state index in [9.17, 15) is 9.18 Å². The molecule has 1 aliphatic rings. The lowest BCUT2D eigenvalue weighted by Gasteiger charge is -2.21. The van der Waals surface area contributed by atoms with Crippen LogP contribution in [0, 0.1) is 5.82 Å². The van der Waals surface area contributed by atoms with Crippen LogP contribution in [0.4, 0.5) is 4.39 Å². The number of hydrogen-bond acceptors (Lipinski definition) is 1. The van der Waals surface area contributed by atoms with Gasteiger partial charge in [0.1, 0.15) is 5.82 Å². The van der Waals surface area contributed by atoms with E-state index in [1.807, 2.05) is 0 Å². The van der Waals surface area contributed by atoms with Crippen LogP contribution in [0.15, 0.2) is 35.3 Å². The molecule has 0 radical (unpaired) electrons. The summed E-state index contributed by atoms with van der Waals surface area (Å²) in [6.07, 6.45) is 3.66. The van der Waals surface area contributed by atoms with Crippen LogP contribution in [0.3, 0.4) is 0 Å². The van der Waals surface area contributed by atoms with Crippen LogP contribution in [0.5, 0.6) is 0 Å². The summed E-state index contributed by atoms with van der Waals surface area (Å²) in [5.41, 5.74) is 0.119. The Morgan fingerprint density at radius 3 is 2.88 bits per heavy atom. The number of hydrogen-bond donors (Lipinski definition) is 0. The molecule has 1 fully saturated rings. The van der Waals surface area contributed by atoms with Gasteiger partial charge in [0.2, 0.25) is 0 Å². The molecule has 1 amide bonds. The van der Waals surface area contributed by atoms with Gasteiger partial charge in [-0.15, -0.1) is 6.58 Å². The standard InChI is InChI=1S/C13H13BrFNO/c1-2-8-16(9-6-7-9)13(17)10-4-3-5-11(14)12(10)15/h2-5,9H,1,6-8H2. The van der Waals surface area contributed by atoms with Crippen molar-refractivity contribution in [3.05, 3.63) is 46.7 Å². The zero-order valence-corrected chi connectivity index (χ0v) is 10.9. The SMILES string of the molecule is C=CCN(C(=O)c1cccc(Br)c1F)C1CC1. The molecule has 17 heavy (non-hydrogen) atoms. The van der Waals surface area contributed by atoms with Gasteiger partial charge in [0.15, 0.2) is 0 Å². The van der Waals surface area contributed by atoms with E-state index in [1.165, 1.54) is 6.07 Å². The highest BCUT2D eigenvalue weighted by Gasteiger charge is 2.33. The predicted octanol–water partition coefficient (Wildman–Crippen LogP) is 3.38. The fourth-order valence-electron chi connectivity index (χ4n) is 1.75. The minimum absolute atomic E-state index is 0.119. The van der Waals surface area contributed by atoms with Crippen molar-refractivity contribution in [3.8, 4) is 0 Å². The third kappa shape index (κ3) is 2.57. The summed E-state index contributed by atoms with van der Waals surface area (Å²) < 4.78 is 14.1. The summed E-state index contributed by atoms with van der Waals surface area (Å²) in [6.45, 7) is 4.10. The summed E-state index contributed by atoms with van der Waals surface area (Å²) in [5.74, 6) is -0.751. The third-order valence-electron chi connectivity index (χ3n) is 2.76. The first-order chi connectivity index (χ1) is 8.15. The number of rotatable bonds is 4. The highest BCUT2D eigenvalue weighted by atomic mass is 79.9. The minimum Gasteiger partial charge on any atom is -0.332 e. The molecule has 1 aromatic rings. The highest BCUT2D eigenvalue weighted by Crippen LogP contribution is 2.29. The largest absolute Gasteiger partial charge is 0.332 e. The molecule has 4 heteroatoms. The van der Waals surface area contributed by atoms with E-state index in [4.69, 9.17) is 0 Å². The number of halogens is 2. The van der Waals surface area contributed by atoms with Crippen LogP contribution in [0.2, 0.25) is 0 Å². The molecule has 1 saturated carbocycles. The number of carbonyl (C=O) groups is 1. The maximum Gasteiger partial charge on any atom is 0.257 e. The van der Waals surface area contributed by atoms with Crippen molar-refractivity contribution in [2.24, 2.45) is 0 Å². The van der Waals surface area contributed by atoms with Gasteiger partial charge in [0.25, 0.3) is 5.91 Å². The second-order valence-corrected chi connectivity index (χ2v) is 4.93. The molecule has 0 heterocycles. The van der Waals surface area contributed by atoms with Gasteiger partial charge in [-0.3, -0.25) is 4.79 Å². The summed E-state index contributed by atoms with van der Waals surface area (Å²) in [6, 6.07) is 5.01. The van der Waals surface area contributed by atoms with E-state index in [0.717, 1.165) is 12.8 Å². The average Bonchev–Trinajstić information content (AvgIpc) is 3.13. The van der Waals surface area contributed by atoms with Crippen LogP contribution >= 0.6 is 15.9 Å². The molecule has 0 aliphatic heterocycles. The van der Waals surface area contributed by atoms with E-state index in [1.54, 1.807) is 23.1 Å². The van der Waals surface area contributed by atoms with Gasteiger partial charge in [0.05, 0.1) is 10.0 Å². The zero-order chi connectivity index (χ0) is 12.4. The first-order valence-electron chi connectivity index (χ1n) is 5.51. The predicted molar refractivity (Wildman–Crippen MR) is 68.4 cm³/mol. The molecule has 2 rings (SSSR count). The fourth-order valence-corrected chi connectivity index (χ4v) is 2.11.